The predicted molar refractivity (Wildman–Crippen MR) is 82.2 cm³/mol. The lowest BCUT2D eigenvalue weighted by Gasteiger charge is -2.13. The number of hydrogen-bond donors (Lipinski definition) is 1. The Hall–Kier alpha value is -2.33. The first-order chi connectivity index (χ1) is 10.1. The SMILES string of the molecule is CC(C)Oc1cncc(C(N)c2cc3ccccc3o2)c1. The van der Waals surface area contributed by atoms with Crippen LogP contribution in [0, 0.1) is 0 Å². The van der Waals surface area contributed by atoms with Gasteiger partial charge >= 0.3 is 0 Å². The lowest BCUT2D eigenvalue weighted by atomic mass is 10.1. The van der Waals surface area contributed by atoms with E-state index in [1.165, 1.54) is 0 Å². The van der Waals surface area contributed by atoms with E-state index in [9.17, 15) is 0 Å². The van der Waals surface area contributed by atoms with Crippen LogP contribution in [0.3, 0.4) is 0 Å². The summed E-state index contributed by atoms with van der Waals surface area (Å²) in [6.45, 7) is 3.96. The molecule has 0 bridgehead atoms. The number of para-hydroxylation sites is 1. The summed E-state index contributed by atoms with van der Waals surface area (Å²) < 4.78 is 11.5. The number of nitrogens with two attached hydrogens (primary N) is 1. The highest BCUT2D eigenvalue weighted by atomic mass is 16.5. The Balaban J connectivity index is 1.92. The van der Waals surface area contributed by atoms with Gasteiger partial charge in [0.15, 0.2) is 0 Å². The normalized spacial score (nSPS) is 12.8. The molecular formula is C17H18N2O2. The summed E-state index contributed by atoms with van der Waals surface area (Å²) in [6.07, 6.45) is 3.53. The number of fused-ring (bicyclic) bond motifs is 1. The maximum absolute atomic E-state index is 6.29. The Morgan fingerprint density at radius 1 is 1.14 bits per heavy atom. The minimum absolute atomic E-state index is 0.101. The third-order valence-electron chi connectivity index (χ3n) is 3.22. The quantitative estimate of drug-likeness (QED) is 0.793. The zero-order valence-corrected chi connectivity index (χ0v) is 12.1. The number of nitrogens with zero attached hydrogens (tertiary/aromatic N) is 1. The first-order valence-corrected chi connectivity index (χ1v) is 6.99. The Labute approximate surface area is 123 Å². The van der Waals surface area contributed by atoms with Crippen molar-refractivity contribution >= 4 is 11.0 Å². The summed E-state index contributed by atoms with van der Waals surface area (Å²) in [5.41, 5.74) is 8.00. The molecule has 0 aliphatic heterocycles. The van der Waals surface area contributed by atoms with E-state index < -0.39 is 0 Å². The largest absolute Gasteiger partial charge is 0.489 e. The molecule has 0 radical (unpaired) electrons. The van der Waals surface area contributed by atoms with Crippen molar-refractivity contribution < 1.29 is 9.15 Å². The monoisotopic (exact) mass is 282 g/mol. The maximum Gasteiger partial charge on any atom is 0.138 e. The summed E-state index contributed by atoms with van der Waals surface area (Å²) in [7, 11) is 0. The van der Waals surface area contributed by atoms with Gasteiger partial charge in [-0.05, 0) is 37.6 Å². The van der Waals surface area contributed by atoms with E-state index in [4.69, 9.17) is 14.9 Å². The molecule has 0 aliphatic rings. The van der Waals surface area contributed by atoms with E-state index in [-0.39, 0.29) is 12.1 Å². The topological polar surface area (TPSA) is 61.3 Å². The third kappa shape index (κ3) is 2.90. The van der Waals surface area contributed by atoms with Gasteiger partial charge in [-0.15, -0.1) is 0 Å². The fraction of sp³-hybridized carbons (Fsp3) is 0.235. The highest BCUT2D eigenvalue weighted by Gasteiger charge is 2.15. The van der Waals surface area contributed by atoms with Crippen LogP contribution in [0.5, 0.6) is 5.75 Å². The molecule has 21 heavy (non-hydrogen) atoms. The number of hydrogen-bond acceptors (Lipinski definition) is 4. The molecule has 0 aliphatic carbocycles. The van der Waals surface area contributed by atoms with E-state index in [2.05, 4.69) is 4.98 Å². The summed E-state index contributed by atoms with van der Waals surface area (Å²) in [5, 5.41) is 1.05. The van der Waals surface area contributed by atoms with Gasteiger partial charge in [0.25, 0.3) is 0 Å². The number of furan rings is 1. The van der Waals surface area contributed by atoms with Crippen LogP contribution in [0.4, 0.5) is 0 Å². The number of rotatable bonds is 4. The van der Waals surface area contributed by atoms with Gasteiger partial charge in [-0.25, -0.2) is 0 Å². The van der Waals surface area contributed by atoms with Crippen molar-refractivity contribution in [1.82, 2.24) is 4.98 Å². The predicted octanol–water partition coefficient (Wildman–Crippen LogP) is 3.66. The number of pyridine rings is 1. The van der Waals surface area contributed by atoms with Crippen molar-refractivity contribution in [3.8, 4) is 5.75 Å². The van der Waals surface area contributed by atoms with Crippen LogP contribution in [-0.2, 0) is 0 Å². The van der Waals surface area contributed by atoms with Crippen LogP contribution in [0.2, 0.25) is 0 Å². The van der Waals surface area contributed by atoms with E-state index in [0.717, 1.165) is 22.3 Å². The average molecular weight is 282 g/mol. The molecular weight excluding hydrogens is 264 g/mol. The van der Waals surface area contributed by atoms with Gasteiger partial charge in [-0.3, -0.25) is 4.98 Å². The van der Waals surface area contributed by atoms with Gasteiger partial charge in [0.05, 0.1) is 18.3 Å². The van der Waals surface area contributed by atoms with Crippen molar-refractivity contribution in [3.63, 3.8) is 0 Å². The fourth-order valence-corrected chi connectivity index (χ4v) is 2.26. The Morgan fingerprint density at radius 3 is 2.71 bits per heavy atom. The summed E-state index contributed by atoms with van der Waals surface area (Å²) in [4.78, 5) is 4.19. The summed E-state index contributed by atoms with van der Waals surface area (Å²) >= 11 is 0. The Kier molecular flexibility index (Phi) is 3.62. The number of benzene rings is 1. The second-order valence-corrected chi connectivity index (χ2v) is 5.28. The molecule has 2 N–H and O–H groups in total. The Bertz CT molecular complexity index is 716. The molecule has 2 aromatic heterocycles. The zero-order chi connectivity index (χ0) is 14.8. The summed E-state index contributed by atoms with van der Waals surface area (Å²) in [6, 6.07) is 11.4. The first kappa shape index (κ1) is 13.6. The van der Waals surface area contributed by atoms with Crippen LogP contribution in [0.25, 0.3) is 11.0 Å². The van der Waals surface area contributed by atoms with E-state index in [1.807, 2.05) is 50.2 Å². The number of aromatic nitrogens is 1. The molecule has 0 amide bonds. The molecule has 0 saturated heterocycles. The van der Waals surface area contributed by atoms with Crippen molar-refractivity contribution in [1.29, 1.82) is 0 Å². The van der Waals surface area contributed by atoms with Crippen molar-refractivity contribution in [3.05, 3.63) is 60.1 Å². The molecule has 3 aromatic rings. The molecule has 0 spiro atoms. The van der Waals surface area contributed by atoms with Crippen LogP contribution in [0.1, 0.15) is 31.2 Å². The molecule has 2 heterocycles. The average Bonchev–Trinajstić information content (AvgIpc) is 2.90. The smallest absolute Gasteiger partial charge is 0.138 e. The molecule has 0 fully saturated rings. The zero-order valence-electron chi connectivity index (χ0n) is 12.1. The molecule has 108 valence electrons. The van der Waals surface area contributed by atoms with Gasteiger partial charge in [0.1, 0.15) is 17.1 Å². The highest BCUT2D eigenvalue weighted by Crippen LogP contribution is 2.27. The molecule has 1 unspecified atom stereocenters. The molecule has 3 rings (SSSR count). The van der Waals surface area contributed by atoms with Gasteiger partial charge in [-0.1, -0.05) is 18.2 Å². The van der Waals surface area contributed by atoms with Gasteiger partial charge in [0.2, 0.25) is 0 Å². The van der Waals surface area contributed by atoms with Crippen molar-refractivity contribution in [2.75, 3.05) is 0 Å². The van der Waals surface area contributed by atoms with E-state index in [1.54, 1.807) is 12.4 Å². The number of ether oxygens (including phenoxy) is 1. The van der Waals surface area contributed by atoms with Crippen LogP contribution >= 0.6 is 0 Å². The first-order valence-electron chi connectivity index (χ1n) is 6.99. The van der Waals surface area contributed by atoms with Gasteiger partial charge in [-0.2, -0.15) is 0 Å². The van der Waals surface area contributed by atoms with E-state index in [0.29, 0.717) is 5.75 Å². The highest BCUT2D eigenvalue weighted by molar-refractivity contribution is 5.77. The van der Waals surface area contributed by atoms with Crippen LogP contribution in [0.15, 0.2) is 53.2 Å². The molecule has 4 heteroatoms. The second-order valence-electron chi connectivity index (χ2n) is 5.28. The summed E-state index contributed by atoms with van der Waals surface area (Å²) in [5.74, 6) is 1.44. The second kappa shape index (κ2) is 5.58. The molecule has 0 saturated carbocycles. The third-order valence-corrected chi connectivity index (χ3v) is 3.22. The fourth-order valence-electron chi connectivity index (χ4n) is 2.26. The van der Waals surface area contributed by atoms with Gasteiger partial charge in [0, 0.05) is 11.6 Å². The van der Waals surface area contributed by atoms with Crippen molar-refractivity contribution in [2.24, 2.45) is 5.73 Å². The Morgan fingerprint density at radius 2 is 1.95 bits per heavy atom. The van der Waals surface area contributed by atoms with E-state index >= 15 is 0 Å². The lowest BCUT2D eigenvalue weighted by molar-refractivity contribution is 0.241. The van der Waals surface area contributed by atoms with Crippen LogP contribution in [-0.4, -0.2) is 11.1 Å². The maximum atomic E-state index is 6.29. The van der Waals surface area contributed by atoms with Crippen molar-refractivity contribution in [2.45, 2.75) is 26.0 Å². The minimum Gasteiger partial charge on any atom is -0.489 e. The van der Waals surface area contributed by atoms with Gasteiger partial charge < -0.3 is 14.9 Å². The molecule has 4 nitrogen and oxygen atoms in total. The lowest BCUT2D eigenvalue weighted by Crippen LogP contribution is -2.12. The van der Waals surface area contributed by atoms with Crippen LogP contribution < -0.4 is 10.5 Å². The standard InChI is InChI=1S/C17H18N2O2/c1-11(2)20-14-7-13(9-19-10-14)17(18)16-8-12-5-3-4-6-15(12)21-16/h3-11,17H,18H2,1-2H3. The molecule has 1 atom stereocenters. The molecule has 1 aromatic carbocycles. The minimum atomic E-state index is -0.361.